The molecule has 2 rings (SSSR count). The van der Waals surface area contributed by atoms with Crippen molar-refractivity contribution in [3.05, 3.63) is 43.0 Å². The van der Waals surface area contributed by atoms with Crippen molar-refractivity contribution in [3.63, 3.8) is 0 Å². The Kier molecular flexibility index (Phi) is 5.05. The third-order valence-corrected chi connectivity index (χ3v) is 3.72. The van der Waals surface area contributed by atoms with Crippen molar-refractivity contribution in [2.45, 2.75) is 31.7 Å². The number of ether oxygens (including phenoxy) is 1. The van der Waals surface area contributed by atoms with E-state index >= 15 is 0 Å². The molecule has 13 heteroatoms. The predicted octanol–water partition coefficient (Wildman–Crippen LogP) is -1.34. The van der Waals surface area contributed by atoms with Crippen molar-refractivity contribution in [2.24, 2.45) is 5.11 Å². The van der Waals surface area contributed by atoms with E-state index in [2.05, 4.69) is 19.5 Å². The van der Waals surface area contributed by atoms with Crippen LogP contribution in [0.15, 0.2) is 20.9 Å². The molecule has 0 saturated carbocycles. The Morgan fingerprint density at radius 2 is 2.30 bits per heavy atom. The summed E-state index contributed by atoms with van der Waals surface area (Å²) in [4.78, 5) is 49.0. The molecule has 1 aliphatic rings. The Morgan fingerprint density at radius 3 is 2.91 bits per heavy atom. The molecule has 0 radical (unpaired) electrons. The number of H-pyrrole nitrogens is 1. The highest BCUT2D eigenvalue weighted by Crippen LogP contribution is 2.33. The van der Waals surface area contributed by atoms with Gasteiger partial charge in [-0.2, -0.15) is 0 Å². The van der Waals surface area contributed by atoms with Crippen LogP contribution >= 0.6 is 7.82 Å². The minimum atomic E-state index is -5.21. The van der Waals surface area contributed by atoms with E-state index < -0.39 is 44.1 Å². The Morgan fingerprint density at radius 1 is 1.61 bits per heavy atom. The minimum absolute atomic E-state index is 0.0471. The summed E-state index contributed by atoms with van der Waals surface area (Å²) in [6, 6.07) is -0.837. The minimum Gasteiger partial charge on any atom is -0.790 e. The number of aromatic nitrogens is 2. The molecule has 1 aliphatic heterocycles. The second-order valence-electron chi connectivity index (χ2n) is 4.86. The maximum atomic E-state index is 11.8. The molecule has 0 amide bonds. The van der Waals surface area contributed by atoms with Gasteiger partial charge in [0.25, 0.3) is 5.56 Å². The smallest absolute Gasteiger partial charge is 0.330 e. The zero-order valence-electron chi connectivity index (χ0n) is 11.8. The van der Waals surface area contributed by atoms with Crippen LogP contribution in [-0.2, 0) is 13.8 Å². The van der Waals surface area contributed by atoms with Gasteiger partial charge in [0.1, 0.15) is 6.23 Å². The maximum Gasteiger partial charge on any atom is 0.330 e. The molecule has 23 heavy (non-hydrogen) atoms. The van der Waals surface area contributed by atoms with E-state index in [0.717, 1.165) is 4.57 Å². The van der Waals surface area contributed by atoms with Gasteiger partial charge in [-0.05, 0) is 12.5 Å². The molecule has 1 fully saturated rings. The lowest BCUT2D eigenvalue weighted by molar-refractivity contribution is -0.343. The average molecular weight is 345 g/mol. The Bertz CT molecular complexity index is 792. The van der Waals surface area contributed by atoms with Crippen molar-refractivity contribution in [1.29, 1.82) is 0 Å². The first-order chi connectivity index (χ1) is 10.7. The van der Waals surface area contributed by atoms with Crippen LogP contribution in [0.1, 0.15) is 18.2 Å². The summed E-state index contributed by atoms with van der Waals surface area (Å²) in [5.74, 6) is 0. The summed E-state index contributed by atoms with van der Waals surface area (Å²) in [6.45, 7) is 0.849. The lowest BCUT2D eigenvalue weighted by atomic mass is 10.1. The number of hydrogen-bond donors (Lipinski definition) is 1. The third kappa shape index (κ3) is 4.29. The number of phosphoric acid groups is 1. The number of aromatic amines is 1. The number of phosphoric ester groups is 1. The quantitative estimate of drug-likeness (QED) is 0.296. The Hall–Kier alpha value is -1.94. The zero-order valence-corrected chi connectivity index (χ0v) is 12.7. The molecule has 3 atom stereocenters. The van der Waals surface area contributed by atoms with Gasteiger partial charge >= 0.3 is 5.69 Å². The van der Waals surface area contributed by atoms with Crippen molar-refractivity contribution in [1.82, 2.24) is 9.55 Å². The van der Waals surface area contributed by atoms with Crippen LogP contribution in [0, 0.1) is 6.92 Å². The Balaban J connectivity index is 2.24. The molecule has 0 spiro atoms. The number of rotatable bonds is 5. The van der Waals surface area contributed by atoms with E-state index in [9.17, 15) is 23.9 Å². The number of aryl methyl sites for hydroxylation is 1. The van der Waals surface area contributed by atoms with Crippen LogP contribution in [0.3, 0.4) is 0 Å². The van der Waals surface area contributed by atoms with Crippen molar-refractivity contribution in [3.8, 4) is 0 Å². The fourth-order valence-electron chi connectivity index (χ4n) is 2.19. The first kappa shape index (κ1) is 17.4. The molecule has 12 nitrogen and oxygen atoms in total. The van der Waals surface area contributed by atoms with Gasteiger partial charge in [-0.15, -0.1) is 0 Å². The van der Waals surface area contributed by atoms with Gasteiger partial charge in [-0.1, -0.05) is 5.11 Å². The van der Waals surface area contributed by atoms with Crippen LogP contribution in [0.4, 0.5) is 0 Å². The monoisotopic (exact) mass is 345 g/mol. The van der Waals surface area contributed by atoms with Gasteiger partial charge in [-0.25, -0.2) is 4.79 Å². The molecule has 0 bridgehead atoms. The van der Waals surface area contributed by atoms with E-state index in [1.807, 2.05) is 0 Å². The number of azide groups is 1. The molecule has 2 heterocycles. The van der Waals surface area contributed by atoms with Gasteiger partial charge < -0.3 is 23.6 Å². The van der Waals surface area contributed by atoms with Crippen LogP contribution in [0.2, 0.25) is 0 Å². The van der Waals surface area contributed by atoms with E-state index in [0.29, 0.717) is 0 Å². The zero-order chi connectivity index (χ0) is 17.2. The van der Waals surface area contributed by atoms with Crippen LogP contribution in [-0.4, -0.2) is 28.3 Å². The molecular formula is C10H12N5O7P-2. The molecule has 1 N–H and O–H groups in total. The lowest BCUT2D eigenvalue weighted by Gasteiger charge is -2.30. The Labute approximate surface area is 128 Å². The van der Waals surface area contributed by atoms with Gasteiger partial charge in [0.05, 0.1) is 26.6 Å². The fourth-order valence-corrected chi connectivity index (χ4v) is 2.52. The summed E-state index contributed by atoms with van der Waals surface area (Å²) < 4.78 is 21.2. The highest BCUT2D eigenvalue weighted by Gasteiger charge is 2.36. The second kappa shape index (κ2) is 6.67. The summed E-state index contributed by atoms with van der Waals surface area (Å²) in [6.07, 6.45) is -0.606. The average Bonchev–Trinajstić information content (AvgIpc) is 2.83. The summed E-state index contributed by atoms with van der Waals surface area (Å²) in [5, 5.41) is 3.45. The van der Waals surface area contributed by atoms with E-state index in [1.54, 1.807) is 0 Å². The molecular weight excluding hydrogens is 333 g/mol. The van der Waals surface area contributed by atoms with Crippen molar-refractivity contribution < 1.29 is 23.6 Å². The molecule has 0 aromatic carbocycles. The van der Waals surface area contributed by atoms with E-state index in [4.69, 9.17) is 10.3 Å². The van der Waals surface area contributed by atoms with Gasteiger partial charge in [-0.3, -0.25) is 14.3 Å². The highest BCUT2D eigenvalue weighted by molar-refractivity contribution is 7.43. The number of nitrogens with zero attached hydrogens (tertiary/aromatic N) is 4. The lowest BCUT2D eigenvalue weighted by Crippen LogP contribution is -2.33. The highest BCUT2D eigenvalue weighted by atomic mass is 31.2. The standard InChI is InChI=1S/C10H14N5O7P/c1-5-3-15(10(17)12-9(5)16)8-2-6(13-14-11)7(22-8)4-21-23(18,19)20/h3,6-8H,2,4H2,1H3,(H,12,16,17)(H2,18,19,20)/p-2. The maximum absolute atomic E-state index is 11.8. The van der Waals surface area contributed by atoms with Crippen LogP contribution < -0.4 is 21.0 Å². The van der Waals surface area contributed by atoms with E-state index in [1.165, 1.54) is 13.1 Å². The fraction of sp³-hybridized carbons (Fsp3) is 0.600. The topological polar surface area (TPSA) is 185 Å². The van der Waals surface area contributed by atoms with Crippen LogP contribution in [0.5, 0.6) is 0 Å². The number of nitrogens with one attached hydrogen (secondary N) is 1. The third-order valence-electron chi connectivity index (χ3n) is 3.26. The summed E-state index contributed by atoms with van der Waals surface area (Å²) in [5.41, 5.74) is 7.51. The SMILES string of the molecule is Cc1cn(C2CC(N=[N+]=[N-])C(COP(=O)([O-])[O-])O2)c(=O)[nH]c1=O. The molecule has 126 valence electrons. The summed E-state index contributed by atoms with van der Waals surface area (Å²) >= 11 is 0. The van der Waals surface area contributed by atoms with Gasteiger partial charge in [0.2, 0.25) is 0 Å². The summed E-state index contributed by atoms with van der Waals surface area (Å²) in [7, 11) is -5.21. The molecule has 1 aromatic heterocycles. The second-order valence-corrected chi connectivity index (χ2v) is 6.01. The normalized spacial score (nSPS) is 24.4. The van der Waals surface area contributed by atoms with Gasteiger partial charge in [0, 0.05) is 23.1 Å². The van der Waals surface area contributed by atoms with Crippen molar-refractivity contribution in [2.75, 3.05) is 6.61 Å². The van der Waals surface area contributed by atoms with E-state index in [-0.39, 0.29) is 12.0 Å². The number of hydrogen-bond acceptors (Lipinski definition) is 8. The molecule has 1 aromatic rings. The van der Waals surface area contributed by atoms with Crippen LogP contribution in [0.25, 0.3) is 10.4 Å². The predicted molar refractivity (Wildman–Crippen MR) is 71.1 cm³/mol. The first-order valence-corrected chi connectivity index (χ1v) is 7.85. The molecule has 0 aliphatic carbocycles. The van der Waals surface area contributed by atoms with Crippen molar-refractivity contribution >= 4 is 7.82 Å². The molecule has 3 unspecified atom stereocenters. The first-order valence-electron chi connectivity index (χ1n) is 6.39. The largest absolute Gasteiger partial charge is 0.790 e. The van der Waals surface area contributed by atoms with Gasteiger partial charge in [0.15, 0.2) is 0 Å². The molecule has 1 saturated heterocycles.